The highest BCUT2D eigenvalue weighted by atomic mass is 79.9. The molecule has 0 N–H and O–H groups in total. The minimum atomic E-state index is -0.439. The van der Waals surface area contributed by atoms with Crippen molar-refractivity contribution in [2.24, 2.45) is 0 Å². The van der Waals surface area contributed by atoms with Gasteiger partial charge in [-0.1, -0.05) is 41.4 Å². The summed E-state index contributed by atoms with van der Waals surface area (Å²) in [5, 5.41) is 0.340. The van der Waals surface area contributed by atoms with Crippen molar-refractivity contribution in [2.75, 3.05) is 4.90 Å². The maximum Gasteiger partial charge on any atom is 0.298 e. The molecule has 32 heavy (non-hydrogen) atoms. The summed E-state index contributed by atoms with van der Waals surface area (Å²) >= 11 is 16.6. The van der Waals surface area contributed by atoms with E-state index >= 15 is 0 Å². The van der Waals surface area contributed by atoms with Crippen molar-refractivity contribution < 1.29 is 18.7 Å². The Bertz CT molecular complexity index is 1230. The average Bonchev–Trinajstić information content (AvgIpc) is 3.01. The van der Waals surface area contributed by atoms with Crippen molar-refractivity contribution >= 4 is 73.8 Å². The number of nitrogens with zero attached hydrogens (tertiary/aromatic N) is 1. The first-order chi connectivity index (χ1) is 15.3. The third-order valence-electron chi connectivity index (χ3n) is 4.47. The van der Waals surface area contributed by atoms with Crippen molar-refractivity contribution in [1.82, 2.24) is 0 Å². The summed E-state index contributed by atoms with van der Waals surface area (Å²) in [6.45, 7) is 0.205. The lowest BCUT2D eigenvalue weighted by Crippen LogP contribution is -2.27. The summed E-state index contributed by atoms with van der Waals surface area (Å²) in [4.78, 5) is 26.6. The van der Waals surface area contributed by atoms with Crippen LogP contribution in [0.3, 0.4) is 0 Å². The Hall–Kier alpha value is -2.32. The molecule has 162 valence electrons. The number of hydrogen-bond donors (Lipinski definition) is 0. The monoisotopic (exact) mass is 551 g/mol. The second kappa shape index (κ2) is 9.67. The minimum Gasteiger partial charge on any atom is -0.486 e. The zero-order chi connectivity index (χ0) is 22.8. The van der Waals surface area contributed by atoms with Crippen LogP contribution in [0.2, 0.25) is 10.0 Å². The molecule has 0 spiro atoms. The summed E-state index contributed by atoms with van der Waals surface area (Å²) < 4.78 is 19.4. The number of carbonyl (C=O) groups excluding carboxylic acids is 2. The Balaban J connectivity index is 1.54. The van der Waals surface area contributed by atoms with E-state index in [9.17, 15) is 14.0 Å². The second-order valence-electron chi connectivity index (χ2n) is 6.73. The van der Waals surface area contributed by atoms with E-state index in [-0.39, 0.29) is 17.3 Å². The molecule has 0 aliphatic carbocycles. The van der Waals surface area contributed by atoms with E-state index in [0.717, 1.165) is 22.2 Å². The van der Waals surface area contributed by atoms with E-state index in [1.807, 2.05) is 0 Å². The van der Waals surface area contributed by atoms with Crippen molar-refractivity contribution in [2.45, 2.75) is 6.61 Å². The maximum atomic E-state index is 13.0. The standard InChI is InChI=1S/C23H13BrCl2FNO3S/c24-18-8-14(9-19(26)21(18)31-12-13-4-6-16(27)7-5-13)10-20-22(29)28(23(30)32-20)17-3-1-2-15(25)11-17/h1-11H,12H2/b20-10+. The van der Waals surface area contributed by atoms with Gasteiger partial charge >= 0.3 is 0 Å². The number of carbonyl (C=O) groups is 2. The quantitative estimate of drug-likeness (QED) is 0.304. The van der Waals surface area contributed by atoms with Crippen LogP contribution >= 0.6 is 50.9 Å². The smallest absolute Gasteiger partial charge is 0.298 e. The van der Waals surface area contributed by atoms with Crippen LogP contribution in [0.4, 0.5) is 14.9 Å². The summed E-state index contributed by atoms with van der Waals surface area (Å²) in [7, 11) is 0. The summed E-state index contributed by atoms with van der Waals surface area (Å²) in [6.07, 6.45) is 1.59. The number of amides is 2. The highest BCUT2D eigenvalue weighted by molar-refractivity contribution is 9.10. The third kappa shape index (κ3) is 5.02. The molecule has 1 aliphatic heterocycles. The van der Waals surface area contributed by atoms with Gasteiger partial charge in [-0.25, -0.2) is 9.29 Å². The first-order valence-electron chi connectivity index (χ1n) is 9.21. The molecule has 1 saturated heterocycles. The number of benzene rings is 3. The van der Waals surface area contributed by atoms with Gasteiger partial charge in [0, 0.05) is 5.02 Å². The molecular formula is C23H13BrCl2FNO3S. The SMILES string of the molecule is O=C1S/C(=C/c2cc(Cl)c(OCc3ccc(F)cc3)c(Br)c2)C(=O)N1c1cccc(Cl)c1. The Labute approximate surface area is 206 Å². The van der Waals surface area contributed by atoms with Crippen LogP contribution in [0.25, 0.3) is 6.08 Å². The number of thioether (sulfide) groups is 1. The van der Waals surface area contributed by atoms with Gasteiger partial charge in [-0.2, -0.15) is 0 Å². The Morgan fingerprint density at radius 3 is 2.50 bits per heavy atom. The van der Waals surface area contributed by atoms with Crippen molar-refractivity contribution in [1.29, 1.82) is 0 Å². The predicted octanol–water partition coefficient (Wildman–Crippen LogP) is 7.71. The lowest BCUT2D eigenvalue weighted by molar-refractivity contribution is -0.113. The molecule has 0 radical (unpaired) electrons. The highest BCUT2D eigenvalue weighted by Crippen LogP contribution is 2.39. The fourth-order valence-electron chi connectivity index (χ4n) is 2.99. The molecule has 0 atom stereocenters. The van der Waals surface area contributed by atoms with Crippen LogP contribution in [0.5, 0.6) is 5.75 Å². The van der Waals surface area contributed by atoms with E-state index in [1.165, 1.54) is 12.1 Å². The Kier molecular flexibility index (Phi) is 6.90. The number of rotatable bonds is 5. The molecule has 3 aromatic carbocycles. The largest absolute Gasteiger partial charge is 0.486 e. The summed E-state index contributed by atoms with van der Waals surface area (Å²) in [6, 6.07) is 15.9. The van der Waals surface area contributed by atoms with Gasteiger partial charge in [0.15, 0.2) is 5.75 Å². The van der Waals surface area contributed by atoms with Crippen LogP contribution < -0.4 is 9.64 Å². The zero-order valence-electron chi connectivity index (χ0n) is 16.2. The first kappa shape index (κ1) is 22.9. The molecular weight excluding hydrogens is 540 g/mol. The minimum absolute atomic E-state index is 0.205. The zero-order valence-corrected chi connectivity index (χ0v) is 20.1. The molecule has 3 aromatic rings. The molecule has 2 amide bonds. The first-order valence-corrected chi connectivity index (χ1v) is 11.6. The fourth-order valence-corrected chi connectivity index (χ4v) is 5.01. The molecule has 1 aliphatic rings. The number of anilines is 1. The molecule has 0 saturated carbocycles. The van der Waals surface area contributed by atoms with Crippen LogP contribution in [0, 0.1) is 5.82 Å². The van der Waals surface area contributed by atoms with Crippen molar-refractivity contribution in [3.8, 4) is 5.75 Å². The van der Waals surface area contributed by atoms with Gasteiger partial charge in [-0.3, -0.25) is 9.59 Å². The van der Waals surface area contributed by atoms with Gasteiger partial charge in [0.05, 0.1) is 20.1 Å². The molecule has 4 nitrogen and oxygen atoms in total. The molecule has 0 aromatic heterocycles. The van der Waals surface area contributed by atoms with Crippen LogP contribution in [0.15, 0.2) is 70.0 Å². The van der Waals surface area contributed by atoms with E-state index in [2.05, 4.69) is 15.9 Å². The molecule has 4 rings (SSSR count). The third-order valence-corrected chi connectivity index (χ3v) is 6.45. The molecule has 9 heteroatoms. The van der Waals surface area contributed by atoms with Gasteiger partial charge in [0.25, 0.3) is 11.1 Å². The maximum absolute atomic E-state index is 13.0. The number of hydrogen-bond acceptors (Lipinski definition) is 4. The van der Waals surface area contributed by atoms with E-state index < -0.39 is 11.1 Å². The Morgan fingerprint density at radius 2 is 1.81 bits per heavy atom. The normalized spacial score (nSPS) is 15.0. The lowest BCUT2D eigenvalue weighted by atomic mass is 10.2. The lowest BCUT2D eigenvalue weighted by Gasteiger charge is -2.12. The van der Waals surface area contributed by atoms with E-state index in [0.29, 0.717) is 31.5 Å². The number of ether oxygens (including phenoxy) is 1. The van der Waals surface area contributed by atoms with E-state index in [1.54, 1.807) is 54.6 Å². The molecule has 0 bridgehead atoms. The van der Waals surface area contributed by atoms with Crippen molar-refractivity contribution in [3.05, 3.63) is 97.0 Å². The second-order valence-corrected chi connectivity index (χ2v) is 9.42. The predicted molar refractivity (Wildman–Crippen MR) is 130 cm³/mol. The van der Waals surface area contributed by atoms with Gasteiger partial charge in [0.2, 0.25) is 0 Å². The van der Waals surface area contributed by atoms with Crippen LogP contribution in [-0.2, 0) is 11.4 Å². The molecule has 1 heterocycles. The summed E-state index contributed by atoms with van der Waals surface area (Å²) in [5.74, 6) is -0.344. The summed E-state index contributed by atoms with van der Waals surface area (Å²) in [5.41, 5.74) is 1.81. The van der Waals surface area contributed by atoms with Gasteiger partial charge in [0.1, 0.15) is 12.4 Å². The van der Waals surface area contributed by atoms with Crippen molar-refractivity contribution in [3.63, 3.8) is 0 Å². The molecule has 1 fully saturated rings. The Morgan fingerprint density at radius 1 is 1.06 bits per heavy atom. The number of imide groups is 1. The van der Waals surface area contributed by atoms with Gasteiger partial charge < -0.3 is 4.74 Å². The van der Waals surface area contributed by atoms with Gasteiger partial charge in [-0.05, 0) is 87.4 Å². The average molecular weight is 553 g/mol. The van der Waals surface area contributed by atoms with Crippen LogP contribution in [-0.4, -0.2) is 11.1 Å². The van der Waals surface area contributed by atoms with Gasteiger partial charge in [-0.15, -0.1) is 0 Å². The number of halogens is 4. The molecule has 0 unspecified atom stereocenters. The highest BCUT2D eigenvalue weighted by Gasteiger charge is 2.36. The van der Waals surface area contributed by atoms with Crippen LogP contribution in [0.1, 0.15) is 11.1 Å². The van der Waals surface area contributed by atoms with E-state index in [4.69, 9.17) is 27.9 Å². The fraction of sp³-hybridized carbons (Fsp3) is 0.0435. The topological polar surface area (TPSA) is 46.6 Å².